The molecule has 7 nitrogen and oxygen atoms in total. The lowest BCUT2D eigenvalue weighted by atomic mass is 10.1. The number of benzene rings is 1. The third kappa shape index (κ3) is 2.91. The molecular formula is C19H18N4O3S. The number of nitrogens with one attached hydrogen (secondary N) is 2. The van der Waals surface area contributed by atoms with Crippen LogP contribution in [0.25, 0.3) is 10.2 Å². The molecule has 8 heteroatoms. The van der Waals surface area contributed by atoms with Crippen molar-refractivity contribution in [1.29, 1.82) is 0 Å². The van der Waals surface area contributed by atoms with Gasteiger partial charge in [-0.3, -0.25) is 29.8 Å². The predicted molar refractivity (Wildman–Crippen MR) is 103 cm³/mol. The molecule has 0 saturated carbocycles. The molecule has 0 saturated heterocycles. The van der Waals surface area contributed by atoms with Crippen molar-refractivity contribution < 1.29 is 9.59 Å². The molecule has 2 N–H and O–H groups in total. The van der Waals surface area contributed by atoms with E-state index < -0.39 is 11.8 Å². The molecule has 27 heavy (non-hydrogen) atoms. The lowest BCUT2D eigenvalue weighted by molar-refractivity contribution is 0.0848. The van der Waals surface area contributed by atoms with Gasteiger partial charge in [0.2, 0.25) is 0 Å². The molecule has 0 unspecified atom stereocenters. The number of thiophene rings is 1. The molecule has 1 aromatic carbocycles. The molecular weight excluding hydrogens is 364 g/mol. The second-order valence-corrected chi connectivity index (χ2v) is 7.55. The lowest BCUT2D eigenvalue weighted by Gasteiger charge is -2.08. The second-order valence-electron chi connectivity index (χ2n) is 6.55. The van der Waals surface area contributed by atoms with Gasteiger partial charge < -0.3 is 0 Å². The summed E-state index contributed by atoms with van der Waals surface area (Å²) >= 11 is 1.18. The van der Waals surface area contributed by atoms with E-state index in [4.69, 9.17) is 0 Å². The molecule has 3 heterocycles. The van der Waals surface area contributed by atoms with Crippen molar-refractivity contribution in [3.8, 4) is 0 Å². The summed E-state index contributed by atoms with van der Waals surface area (Å²) in [5, 5.41) is 0.487. The van der Waals surface area contributed by atoms with Gasteiger partial charge in [-0.05, 0) is 37.5 Å². The Morgan fingerprint density at radius 3 is 2.67 bits per heavy atom. The van der Waals surface area contributed by atoms with Gasteiger partial charge in [-0.2, -0.15) is 0 Å². The van der Waals surface area contributed by atoms with Crippen molar-refractivity contribution in [3.05, 3.63) is 62.0 Å². The Balaban J connectivity index is 1.59. The summed E-state index contributed by atoms with van der Waals surface area (Å²) in [7, 11) is 0. The van der Waals surface area contributed by atoms with Crippen molar-refractivity contribution in [2.45, 2.75) is 33.2 Å². The smallest absolute Gasteiger partial charge is 0.280 e. The molecule has 4 rings (SSSR count). The van der Waals surface area contributed by atoms with Gasteiger partial charge >= 0.3 is 0 Å². The number of fused-ring (bicyclic) bond motifs is 2. The van der Waals surface area contributed by atoms with Gasteiger partial charge in [-0.25, -0.2) is 4.98 Å². The minimum atomic E-state index is -0.456. The fourth-order valence-electron chi connectivity index (χ4n) is 3.36. The summed E-state index contributed by atoms with van der Waals surface area (Å²) in [5.74, 6) is -0.0760. The zero-order valence-electron chi connectivity index (χ0n) is 15.0. The summed E-state index contributed by atoms with van der Waals surface area (Å²) in [4.78, 5) is 43.0. The molecule has 0 radical (unpaired) electrons. The zero-order valence-corrected chi connectivity index (χ0v) is 15.8. The van der Waals surface area contributed by atoms with Crippen molar-refractivity contribution in [2.24, 2.45) is 0 Å². The number of hydrogen-bond donors (Lipinski definition) is 2. The highest BCUT2D eigenvalue weighted by molar-refractivity contribution is 7.20. The minimum absolute atomic E-state index is 0.0933. The molecule has 0 spiro atoms. The average molecular weight is 382 g/mol. The Morgan fingerprint density at radius 2 is 1.89 bits per heavy atom. The molecule has 0 atom stereocenters. The van der Waals surface area contributed by atoms with Crippen LogP contribution in [-0.2, 0) is 13.0 Å². The molecule has 2 aromatic heterocycles. The maximum absolute atomic E-state index is 12.7. The van der Waals surface area contributed by atoms with Crippen LogP contribution in [0, 0.1) is 13.8 Å². The van der Waals surface area contributed by atoms with E-state index in [1.54, 1.807) is 23.6 Å². The van der Waals surface area contributed by atoms with Crippen LogP contribution >= 0.6 is 11.3 Å². The molecule has 1 aliphatic heterocycles. The molecule has 3 aromatic rings. The first-order valence-electron chi connectivity index (χ1n) is 8.66. The number of nitrogens with zero attached hydrogens (tertiary/aromatic N) is 2. The van der Waals surface area contributed by atoms with E-state index in [2.05, 4.69) is 15.8 Å². The normalized spacial score (nSPS) is 12.8. The quantitative estimate of drug-likeness (QED) is 0.664. The van der Waals surface area contributed by atoms with Gasteiger partial charge in [0.15, 0.2) is 0 Å². The monoisotopic (exact) mass is 382 g/mol. The van der Waals surface area contributed by atoms with Crippen LogP contribution < -0.4 is 16.4 Å². The highest BCUT2D eigenvalue weighted by Gasteiger charge is 2.23. The van der Waals surface area contributed by atoms with Gasteiger partial charge in [0.1, 0.15) is 10.7 Å². The standard InChI is InChI=1S/C19H18N4O3S/c1-10-6-3-4-7-12(10)16(24)21-22-17(25)15-11(2)14-18(27-15)20-13-8-5-9-23(13)19(14)26/h3-4,6-7H,5,8-9H2,1-2H3,(H,21,24)(H,22,25). The highest BCUT2D eigenvalue weighted by atomic mass is 32.1. The van der Waals surface area contributed by atoms with Crippen LogP contribution in [0.3, 0.4) is 0 Å². The summed E-state index contributed by atoms with van der Waals surface area (Å²) in [6.07, 6.45) is 1.69. The Hall–Kier alpha value is -3.00. The second kappa shape index (κ2) is 6.62. The van der Waals surface area contributed by atoms with E-state index in [1.165, 1.54) is 11.3 Å². The number of carbonyl (C=O) groups excluding carboxylic acids is 2. The third-order valence-corrected chi connectivity index (χ3v) is 5.98. The number of hydrogen-bond acceptors (Lipinski definition) is 5. The van der Waals surface area contributed by atoms with Crippen molar-refractivity contribution in [1.82, 2.24) is 20.4 Å². The van der Waals surface area contributed by atoms with Gasteiger partial charge in [-0.15, -0.1) is 11.3 Å². The van der Waals surface area contributed by atoms with E-state index in [0.717, 1.165) is 24.2 Å². The van der Waals surface area contributed by atoms with E-state index >= 15 is 0 Å². The first kappa shape index (κ1) is 17.4. The molecule has 0 bridgehead atoms. The predicted octanol–water partition coefficient (Wildman–Crippen LogP) is 2.10. The molecule has 138 valence electrons. The average Bonchev–Trinajstić information content (AvgIpc) is 3.25. The number of hydrazine groups is 1. The van der Waals surface area contributed by atoms with E-state index in [1.807, 2.05) is 19.1 Å². The van der Waals surface area contributed by atoms with Crippen LogP contribution in [-0.4, -0.2) is 21.4 Å². The van der Waals surface area contributed by atoms with Crippen LogP contribution in [0.2, 0.25) is 0 Å². The molecule has 2 amide bonds. The first-order valence-corrected chi connectivity index (χ1v) is 9.48. The van der Waals surface area contributed by atoms with Crippen molar-refractivity contribution in [2.75, 3.05) is 0 Å². The summed E-state index contributed by atoms with van der Waals surface area (Å²) in [6, 6.07) is 7.12. The molecule has 0 fully saturated rings. The third-order valence-electron chi connectivity index (χ3n) is 4.80. The number of aromatic nitrogens is 2. The van der Waals surface area contributed by atoms with Crippen LogP contribution in [0.4, 0.5) is 0 Å². The van der Waals surface area contributed by atoms with E-state index in [9.17, 15) is 14.4 Å². The maximum Gasteiger partial charge on any atom is 0.280 e. The fourth-order valence-corrected chi connectivity index (χ4v) is 4.44. The summed E-state index contributed by atoms with van der Waals surface area (Å²) < 4.78 is 1.68. The lowest BCUT2D eigenvalue weighted by Crippen LogP contribution is -2.41. The van der Waals surface area contributed by atoms with Crippen LogP contribution in [0.1, 0.15) is 43.4 Å². The Kier molecular flexibility index (Phi) is 4.27. The largest absolute Gasteiger partial charge is 0.296 e. The Morgan fingerprint density at radius 1 is 1.15 bits per heavy atom. The number of amides is 2. The number of carbonyl (C=O) groups is 2. The highest BCUT2D eigenvalue weighted by Crippen LogP contribution is 2.28. The maximum atomic E-state index is 12.7. The number of aryl methyl sites for hydroxylation is 3. The molecule has 1 aliphatic rings. The van der Waals surface area contributed by atoms with Crippen LogP contribution in [0.5, 0.6) is 0 Å². The topological polar surface area (TPSA) is 93.1 Å². The SMILES string of the molecule is Cc1ccccc1C(=O)NNC(=O)c1sc2nc3n(c(=O)c2c1C)CCC3. The van der Waals surface area contributed by atoms with Gasteiger partial charge in [0.05, 0.1) is 10.3 Å². The van der Waals surface area contributed by atoms with Crippen LogP contribution in [0.15, 0.2) is 29.1 Å². The van der Waals surface area contributed by atoms with E-state index in [-0.39, 0.29) is 5.56 Å². The van der Waals surface area contributed by atoms with E-state index in [0.29, 0.717) is 32.8 Å². The van der Waals surface area contributed by atoms with Crippen molar-refractivity contribution in [3.63, 3.8) is 0 Å². The van der Waals surface area contributed by atoms with Gasteiger partial charge in [0, 0.05) is 18.5 Å². The number of rotatable bonds is 2. The fraction of sp³-hybridized carbons (Fsp3) is 0.263. The first-order chi connectivity index (χ1) is 13.0. The summed E-state index contributed by atoms with van der Waals surface area (Å²) in [5.41, 5.74) is 6.68. The Labute approximate surface area is 159 Å². The zero-order chi connectivity index (χ0) is 19.1. The summed E-state index contributed by atoms with van der Waals surface area (Å²) in [6.45, 7) is 4.23. The van der Waals surface area contributed by atoms with Gasteiger partial charge in [-0.1, -0.05) is 18.2 Å². The molecule has 0 aliphatic carbocycles. The van der Waals surface area contributed by atoms with Gasteiger partial charge in [0.25, 0.3) is 17.4 Å². The minimum Gasteiger partial charge on any atom is -0.296 e. The Bertz CT molecular complexity index is 1150. The van der Waals surface area contributed by atoms with Crippen molar-refractivity contribution >= 4 is 33.4 Å².